The summed E-state index contributed by atoms with van der Waals surface area (Å²) in [7, 11) is -3.68. The van der Waals surface area contributed by atoms with Gasteiger partial charge in [-0.25, -0.2) is 13.1 Å². The van der Waals surface area contributed by atoms with Crippen molar-refractivity contribution >= 4 is 43.5 Å². The van der Waals surface area contributed by atoms with Crippen molar-refractivity contribution in [3.05, 3.63) is 27.7 Å². The zero-order valence-electron chi connectivity index (χ0n) is 9.82. The molecule has 19 heavy (non-hydrogen) atoms. The largest absolute Gasteiger partial charge is 0.355 e. The maximum absolute atomic E-state index is 12.2. The number of sulfonamides is 1. The highest BCUT2D eigenvalue weighted by atomic mass is 79.9. The van der Waals surface area contributed by atoms with E-state index in [1.165, 1.54) is 12.1 Å². The van der Waals surface area contributed by atoms with Crippen LogP contribution in [0.5, 0.6) is 0 Å². The number of piperidine rings is 1. The number of rotatable bonds is 3. The minimum absolute atomic E-state index is 0.0364. The molecule has 1 aromatic rings. The Morgan fingerprint density at radius 3 is 2.74 bits per heavy atom. The molecule has 1 saturated heterocycles. The van der Waals surface area contributed by atoms with Crippen molar-refractivity contribution < 1.29 is 13.2 Å². The monoisotopic (exact) mass is 366 g/mol. The van der Waals surface area contributed by atoms with Crippen molar-refractivity contribution in [2.75, 3.05) is 6.54 Å². The van der Waals surface area contributed by atoms with Crippen LogP contribution in [0.15, 0.2) is 27.6 Å². The maximum atomic E-state index is 12.2. The summed E-state index contributed by atoms with van der Waals surface area (Å²) in [5.41, 5.74) is 0. The molecule has 1 unspecified atom stereocenters. The van der Waals surface area contributed by atoms with Crippen molar-refractivity contribution in [2.24, 2.45) is 0 Å². The Hall–Kier alpha value is -0.630. The molecule has 1 aliphatic heterocycles. The number of carbonyl (C=O) groups is 1. The number of halogens is 2. The van der Waals surface area contributed by atoms with Crippen LogP contribution in [0.2, 0.25) is 5.02 Å². The fourth-order valence-corrected chi connectivity index (χ4v) is 4.12. The SMILES string of the molecule is O=C1CCC(NS(=O)(=O)c2ccc(Br)cc2Cl)CN1. The molecule has 0 spiro atoms. The third-order valence-corrected chi connectivity index (χ3v) is 5.27. The lowest BCUT2D eigenvalue weighted by molar-refractivity contribution is -0.122. The van der Waals surface area contributed by atoms with Crippen LogP contribution in [-0.4, -0.2) is 26.9 Å². The van der Waals surface area contributed by atoms with Crippen LogP contribution < -0.4 is 10.0 Å². The van der Waals surface area contributed by atoms with Crippen molar-refractivity contribution in [3.8, 4) is 0 Å². The second kappa shape index (κ2) is 5.78. The topological polar surface area (TPSA) is 75.3 Å². The van der Waals surface area contributed by atoms with Crippen LogP contribution in [0.4, 0.5) is 0 Å². The summed E-state index contributed by atoms with van der Waals surface area (Å²) in [5.74, 6) is -0.0582. The number of hydrogen-bond donors (Lipinski definition) is 2. The lowest BCUT2D eigenvalue weighted by Crippen LogP contribution is -2.47. The van der Waals surface area contributed by atoms with Gasteiger partial charge >= 0.3 is 0 Å². The van der Waals surface area contributed by atoms with Gasteiger partial charge in [0.05, 0.1) is 5.02 Å². The molecule has 8 heteroatoms. The Kier molecular flexibility index (Phi) is 4.50. The third kappa shape index (κ3) is 3.68. The predicted octanol–water partition coefficient (Wildman–Crippen LogP) is 1.66. The van der Waals surface area contributed by atoms with Gasteiger partial charge in [0.25, 0.3) is 0 Å². The molecular formula is C11H12BrClN2O3S. The van der Waals surface area contributed by atoms with Gasteiger partial charge in [0.15, 0.2) is 0 Å². The zero-order chi connectivity index (χ0) is 14.0. The highest BCUT2D eigenvalue weighted by Crippen LogP contribution is 2.25. The minimum Gasteiger partial charge on any atom is -0.355 e. The molecule has 0 aliphatic carbocycles. The molecule has 2 N–H and O–H groups in total. The molecule has 1 aliphatic rings. The van der Waals surface area contributed by atoms with Crippen molar-refractivity contribution in [3.63, 3.8) is 0 Å². The molecule has 5 nitrogen and oxygen atoms in total. The summed E-state index contributed by atoms with van der Waals surface area (Å²) in [6.45, 7) is 0.298. The molecular weight excluding hydrogens is 356 g/mol. The van der Waals surface area contributed by atoms with Gasteiger partial charge in [-0.15, -0.1) is 0 Å². The van der Waals surface area contributed by atoms with E-state index < -0.39 is 10.0 Å². The summed E-state index contributed by atoms with van der Waals surface area (Å²) in [6, 6.07) is 4.28. The smallest absolute Gasteiger partial charge is 0.242 e. The number of carbonyl (C=O) groups excluding carboxylic acids is 1. The zero-order valence-corrected chi connectivity index (χ0v) is 13.0. The van der Waals surface area contributed by atoms with E-state index in [-0.39, 0.29) is 21.9 Å². The first kappa shape index (κ1) is 14.8. The van der Waals surface area contributed by atoms with E-state index in [2.05, 4.69) is 26.0 Å². The minimum atomic E-state index is -3.68. The molecule has 0 aromatic heterocycles. The summed E-state index contributed by atoms with van der Waals surface area (Å²) >= 11 is 9.16. The highest BCUT2D eigenvalue weighted by molar-refractivity contribution is 9.10. The fourth-order valence-electron chi connectivity index (χ4n) is 1.81. The summed E-state index contributed by atoms with van der Waals surface area (Å²) in [6.07, 6.45) is 0.806. The van der Waals surface area contributed by atoms with Gasteiger partial charge in [-0.2, -0.15) is 0 Å². The Morgan fingerprint density at radius 2 is 2.16 bits per heavy atom. The van der Waals surface area contributed by atoms with Crippen LogP contribution in [-0.2, 0) is 14.8 Å². The van der Waals surface area contributed by atoms with Crippen molar-refractivity contribution in [1.29, 1.82) is 0 Å². The number of benzene rings is 1. The first-order valence-corrected chi connectivity index (χ1v) is 8.28. The molecule has 0 radical (unpaired) electrons. The molecule has 0 bridgehead atoms. The quantitative estimate of drug-likeness (QED) is 0.853. The van der Waals surface area contributed by atoms with Crippen molar-refractivity contribution in [2.45, 2.75) is 23.8 Å². The van der Waals surface area contributed by atoms with Gasteiger partial charge in [-0.05, 0) is 24.6 Å². The first-order chi connectivity index (χ1) is 8.88. The Balaban J connectivity index is 2.16. The van der Waals surface area contributed by atoms with E-state index >= 15 is 0 Å². The van der Waals surface area contributed by atoms with Gasteiger partial charge in [-0.1, -0.05) is 27.5 Å². The molecule has 1 heterocycles. The number of hydrogen-bond acceptors (Lipinski definition) is 3. The lowest BCUT2D eigenvalue weighted by atomic mass is 10.1. The van der Waals surface area contributed by atoms with Crippen LogP contribution in [0.25, 0.3) is 0 Å². The third-order valence-electron chi connectivity index (χ3n) is 2.77. The second-order valence-electron chi connectivity index (χ2n) is 4.24. The molecule has 0 saturated carbocycles. The molecule has 1 atom stereocenters. The average Bonchev–Trinajstić information content (AvgIpc) is 2.31. The summed E-state index contributed by atoms with van der Waals surface area (Å²) in [5, 5.41) is 2.78. The van der Waals surface area contributed by atoms with Crippen LogP contribution in [0.3, 0.4) is 0 Å². The Morgan fingerprint density at radius 1 is 1.42 bits per heavy atom. The molecule has 1 aromatic carbocycles. The summed E-state index contributed by atoms with van der Waals surface area (Å²) in [4.78, 5) is 11.1. The van der Waals surface area contributed by atoms with Gasteiger partial charge in [0, 0.05) is 23.5 Å². The molecule has 104 valence electrons. The second-order valence-corrected chi connectivity index (χ2v) is 7.24. The van der Waals surface area contributed by atoms with E-state index in [1.807, 2.05) is 0 Å². The molecule has 2 rings (SSSR count). The van der Waals surface area contributed by atoms with Gasteiger partial charge in [-0.3, -0.25) is 4.79 Å². The van der Waals surface area contributed by atoms with E-state index in [0.717, 1.165) is 0 Å². The standard InChI is InChI=1S/C11H12BrClN2O3S/c12-7-1-3-10(9(13)5-7)19(17,18)15-8-2-4-11(16)14-6-8/h1,3,5,8,15H,2,4,6H2,(H,14,16). The van der Waals surface area contributed by atoms with Gasteiger partial charge in [0.2, 0.25) is 15.9 Å². The van der Waals surface area contributed by atoms with Crippen LogP contribution in [0.1, 0.15) is 12.8 Å². The molecule has 1 amide bonds. The maximum Gasteiger partial charge on any atom is 0.242 e. The van der Waals surface area contributed by atoms with Crippen LogP contribution >= 0.6 is 27.5 Å². The number of nitrogens with one attached hydrogen (secondary N) is 2. The molecule has 1 fully saturated rings. The fraction of sp³-hybridized carbons (Fsp3) is 0.364. The summed E-state index contributed by atoms with van der Waals surface area (Å²) < 4.78 is 27.6. The first-order valence-electron chi connectivity index (χ1n) is 5.62. The normalized spacial score (nSPS) is 20.1. The van der Waals surface area contributed by atoms with Crippen molar-refractivity contribution in [1.82, 2.24) is 10.0 Å². The Bertz CT molecular complexity index is 596. The van der Waals surface area contributed by atoms with Gasteiger partial charge in [0.1, 0.15) is 4.90 Å². The predicted molar refractivity (Wildman–Crippen MR) is 75.5 cm³/mol. The van der Waals surface area contributed by atoms with E-state index in [9.17, 15) is 13.2 Å². The lowest BCUT2D eigenvalue weighted by Gasteiger charge is -2.23. The number of amides is 1. The van der Waals surface area contributed by atoms with Crippen LogP contribution in [0, 0.1) is 0 Å². The Labute approximate surface area is 124 Å². The van der Waals surface area contributed by atoms with E-state index in [4.69, 9.17) is 11.6 Å². The average molecular weight is 368 g/mol. The van der Waals surface area contributed by atoms with Gasteiger partial charge < -0.3 is 5.32 Å². The van der Waals surface area contributed by atoms with E-state index in [1.54, 1.807) is 6.07 Å². The highest BCUT2D eigenvalue weighted by Gasteiger charge is 2.25. The van der Waals surface area contributed by atoms with E-state index in [0.29, 0.717) is 23.9 Å².